The zero-order valence-corrected chi connectivity index (χ0v) is 11.7. The highest BCUT2D eigenvalue weighted by molar-refractivity contribution is 9.10. The van der Waals surface area contributed by atoms with Gasteiger partial charge in [-0.05, 0) is 48.3 Å². The van der Waals surface area contributed by atoms with E-state index in [1.807, 2.05) is 32.0 Å². The number of carbonyl (C=O) groups excluding carboxylic acids is 1. The van der Waals surface area contributed by atoms with Crippen molar-refractivity contribution in [3.63, 3.8) is 0 Å². The molecule has 0 saturated carbocycles. The smallest absolute Gasteiger partial charge is 0.252 e. The molecule has 0 spiro atoms. The topological polar surface area (TPSA) is 29.1 Å². The van der Waals surface area contributed by atoms with Gasteiger partial charge in [-0.25, -0.2) is 0 Å². The summed E-state index contributed by atoms with van der Waals surface area (Å²) in [7, 11) is 0. The molecule has 16 heavy (non-hydrogen) atoms. The first-order chi connectivity index (χ1) is 7.54. The fourth-order valence-corrected chi connectivity index (χ4v) is 2.10. The number of amides is 1. The summed E-state index contributed by atoms with van der Waals surface area (Å²) in [6, 6.07) is 5.81. The second-order valence-corrected chi connectivity index (χ2v) is 5.07. The summed E-state index contributed by atoms with van der Waals surface area (Å²) >= 11 is 8.99. The Kier molecular flexibility index (Phi) is 5.29. The van der Waals surface area contributed by atoms with Crippen LogP contribution in [0, 0.1) is 6.92 Å². The molecule has 0 aliphatic heterocycles. The van der Waals surface area contributed by atoms with Gasteiger partial charge in [0.15, 0.2) is 0 Å². The third-order valence-electron chi connectivity index (χ3n) is 2.29. The molecular weight excluding hydrogens is 289 g/mol. The number of rotatable bonds is 4. The van der Waals surface area contributed by atoms with Crippen LogP contribution >= 0.6 is 27.5 Å². The van der Waals surface area contributed by atoms with Gasteiger partial charge < -0.3 is 5.32 Å². The number of aryl methyl sites for hydroxylation is 1. The number of nitrogens with one attached hydrogen (secondary N) is 1. The number of benzene rings is 1. The molecule has 1 atom stereocenters. The number of hydrogen-bond donors (Lipinski definition) is 1. The number of hydrogen-bond acceptors (Lipinski definition) is 1. The van der Waals surface area contributed by atoms with Crippen LogP contribution in [-0.2, 0) is 0 Å². The molecule has 0 aromatic heterocycles. The van der Waals surface area contributed by atoms with E-state index in [2.05, 4.69) is 21.2 Å². The molecule has 0 fully saturated rings. The lowest BCUT2D eigenvalue weighted by Crippen LogP contribution is -2.33. The van der Waals surface area contributed by atoms with Gasteiger partial charge in [0.2, 0.25) is 0 Å². The Morgan fingerprint density at radius 3 is 2.88 bits per heavy atom. The summed E-state index contributed by atoms with van der Waals surface area (Å²) in [5.74, 6) is 0.490. The zero-order valence-electron chi connectivity index (χ0n) is 9.39. The highest BCUT2D eigenvalue weighted by Crippen LogP contribution is 2.18. The monoisotopic (exact) mass is 303 g/mol. The summed E-state index contributed by atoms with van der Waals surface area (Å²) < 4.78 is 0.814. The van der Waals surface area contributed by atoms with Crippen molar-refractivity contribution in [1.29, 1.82) is 0 Å². The van der Waals surface area contributed by atoms with Crippen LogP contribution in [0.3, 0.4) is 0 Å². The Bertz CT molecular complexity index is 381. The zero-order chi connectivity index (χ0) is 12.1. The minimum Gasteiger partial charge on any atom is -0.350 e. The Morgan fingerprint density at radius 1 is 1.56 bits per heavy atom. The maximum Gasteiger partial charge on any atom is 0.252 e. The minimum absolute atomic E-state index is 0.0619. The van der Waals surface area contributed by atoms with Crippen molar-refractivity contribution >= 4 is 33.4 Å². The molecule has 0 heterocycles. The summed E-state index contributed by atoms with van der Waals surface area (Å²) in [6.45, 7) is 3.91. The number of alkyl halides is 1. The molecule has 1 amide bonds. The molecule has 4 heteroatoms. The van der Waals surface area contributed by atoms with Crippen molar-refractivity contribution in [1.82, 2.24) is 5.32 Å². The molecular formula is C12H15BrClNO. The average Bonchev–Trinajstić information content (AvgIpc) is 2.21. The van der Waals surface area contributed by atoms with Crippen LogP contribution in [-0.4, -0.2) is 17.8 Å². The lowest BCUT2D eigenvalue weighted by atomic mass is 10.1. The highest BCUT2D eigenvalue weighted by atomic mass is 79.9. The third-order valence-corrected chi connectivity index (χ3v) is 3.20. The van der Waals surface area contributed by atoms with Gasteiger partial charge in [-0.3, -0.25) is 4.79 Å². The Balaban J connectivity index is 2.76. The fraction of sp³-hybridized carbons (Fsp3) is 0.417. The fourth-order valence-electron chi connectivity index (χ4n) is 1.35. The molecule has 88 valence electrons. The Labute approximate surface area is 110 Å². The summed E-state index contributed by atoms with van der Waals surface area (Å²) in [5.41, 5.74) is 1.74. The molecule has 1 N–H and O–H groups in total. The van der Waals surface area contributed by atoms with Gasteiger partial charge in [-0.15, -0.1) is 11.6 Å². The van der Waals surface area contributed by atoms with Gasteiger partial charge in [0.1, 0.15) is 0 Å². The minimum atomic E-state index is -0.0619. The summed E-state index contributed by atoms with van der Waals surface area (Å²) in [5, 5.41) is 2.91. The third kappa shape index (κ3) is 3.80. The molecule has 0 aliphatic carbocycles. The van der Waals surface area contributed by atoms with E-state index in [0.717, 1.165) is 16.5 Å². The van der Waals surface area contributed by atoms with Crippen LogP contribution in [0.4, 0.5) is 0 Å². The molecule has 0 aliphatic rings. The van der Waals surface area contributed by atoms with Gasteiger partial charge in [0.05, 0.1) is 5.56 Å². The van der Waals surface area contributed by atoms with Crippen LogP contribution in [0.15, 0.2) is 22.7 Å². The van der Waals surface area contributed by atoms with E-state index in [1.165, 1.54) is 0 Å². The first-order valence-corrected chi connectivity index (χ1v) is 6.50. The molecule has 1 aromatic carbocycles. The van der Waals surface area contributed by atoms with Crippen LogP contribution in [0.2, 0.25) is 0 Å². The van der Waals surface area contributed by atoms with Crippen molar-refractivity contribution in [3.05, 3.63) is 33.8 Å². The molecule has 1 aromatic rings. The largest absolute Gasteiger partial charge is 0.350 e. The second kappa shape index (κ2) is 6.26. The van der Waals surface area contributed by atoms with Crippen LogP contribution in [0.5, 0.6) is 0 Å². The summed E-state index contributed by atoms with van der Waals surface area (Å²) in [4.78, 5) is 11.9. The van der Waals surface area contributed by atoms with E-state index in [0.29, 0.717) is 11.4 Å². The standard InChI is InChI=1S/C12H15BrClNO/c1-8-3-4-11(13)10(7-8)12(16)15-9(2)5-6-14/h3-4,7,9H,5-6H2,1-2H3,(H,15,16). The number of halogens is 2. The second-order valence-electron chi connectivity index (χ2n) is 3.84. The van der Waals surface area contributed by atoms with E-state index in [1.54, 1.807) is 0 Å². The highest BCUT2D eigenvalue weighted by Gasteiger charge is 2.12. The maximum absolute atomic E-state index is 11.9. The molecule has 1 rings (SSSR count). The van der Waals surface area contributed by atoms with Crippen molar-refractivity contribution in [2.45, 2.75) is 26.3 Å². The first kappa shape index (κ1) is 13.5. The van der Waals surface area contributed by atoms with E-state index in [-0.39, 0.29) is 11.9 Å². The maximum atomic E-state index is 11.9. The predicted molar refractivity (Wildman–Crippen MR) is 71.1 cm³/mol. The van der Waals surface area contributed by atoms with Gasteiger partial charge in [0, 0.05) is 16.4 Å². The molecule has 0 radical (unpaired) electrons. The van der Waals surface area contributed by atoms with Crippen molar-refractivity contribution in [3.8, 4) is 0 Å². The molecule has 2 nitrogen and oxygen atoms in total. The lowest BCUT2D eigenvalue weighted by Gasteiger charge is -2.13. The normalized spacial score (nSPS) is 12.2. The lowest BCUT2D eigenvalue weighted by molar-refractivity contribution is 0.0938. The average molecular weight is 305 g/mol. The van der Waals surface area contributed by atoms with Crippen molar-refractivity contribution < 1.29 is 4.79 Å². The number of carbonyl (C=O) groups is 1. The molecule has 0 saturated heterocycles. The van der Waals surface area contributed by atoms with Crippen LogP contribution < -0.4 is 5.32 Å². The van der Waals surface area contributed by atoms with E-state index < -0.39 is 0 Å². The Hall–Kier alpha value is -0.540. The van der Waals surface area contributed by atoms with Gasteiger partial charge in [0.25, 0.3) is 5.91 Å². The van der Waals surface area contributed by atoms with Gasteiger partial charge >= 0.3 is 0 Å². The van der Waals surface area contributed by atoms with E-state index >= 15 is 0 Å². The SMILES string of the molecule is Cc1ccc(Br)c(C(=O)NC(C)CCCl)c1. The van der Waals surface area contributed by atoms with Gasteiger partial charge in [-0.2, -0.15) is 0 Å². The van der Waals surface area contributed by atoms with Crippen LogP contribution in [0.25, 0.3) is 0 Å². The molecule has 0 bridgehead atoms. The van der Waals surface area contributed by atoms with Crippen molar-refractivity contribution in [2.24, 2.45) is 0 Å². The first-order valence-electron chi connectivity index (χ1n) is 5.17. The Morgan fingerprint density at radius 2 is 2.25 bits per heavy atom. The van der Waals surface area contributed by atoms with Crippen molar-refractivity contribution in [2.75, 3.05) is 5.88 Å². The predicted octanol–water partition coefficient (Wildman–Crippen LogP) is 3.50. The van der Waals surface area contributed by atoms with E-state index in [4.69, 9.17) is 11.6 Å². The quantitative estimate of drug-likeness (QED) is 0.848. The molecule has 1 unspecified atom stereocenters. The summed E-state index contributed by atoms with van der Waals surface area (Å²) in [6.07, 6.45) is 0.775. The van der Waals surface area contributed by atoms with Gasteiger partial charge in [-0.1, -0.05) is 11.6 Å². The van der Waals surface area contributed by atoms with E-state index in [9.17, 15) is 4.79 Å². The van der Waals surface area contributed by atoms with Crippen LogP contribution in [0.1, 0.15) is 29.3 Å².